The number of para-hydroxylation sites is 1. The molecule has 4 nitrogen and oxygen atoms in total. The molecule has 1 aromatic carbocycles. The van der Waals surface area contributed by atoms with E-state index in [4.69, 9.17) is 17.3 Å². The maximum absolute atomic E-state index is 6.23. The first kappa shape index (κ1) is 13.8. The van der Waals surface area contributed by atoms with Crippen molar-refractivity contribution in [2.75, 3.05) is 0 Å². The number of nitrogens with zero attached hydrogens (tertiary/aromatic N) is 3. The summed E-state index contributed by atoms with van der Waals surface area (Å²) in [5, 5.41) is 5.17. The largest absolute Gasteiger partial charge is 0.322 e. The molecule has 0 amide bonds. The fourth-order valence-electron chi connectivity index (χ4n) is 2.17. The molecule has 0 aliphatic rings. The van der Waals surface area contributed by atoms with Crippen LogP contribution in [0.15, 0.2) is 61.1 Å². The molecule has 0 bridgehead atoms. The van der Waals surface area contributed by atoms with E-state index >= 15 is 0 Å². The van der Waals surface area contributed by atoms with Crippen LogP contribution in [0.3, 0.4) is 0 Å². The van der Waals surface area contributed by atoms with E-state index < -0.39 is 0 Å². The summed E-state index contributed by atoms with van der Waals surface area (Å²) in [6, 6.07) is 13.6. The van der Waals surface area contributed by atoms with Crippen LogP contribution in [-0.4, -0.2) is 14.8 Å². The first-order valence-electron chi connectivity index (χ1n) is 6.69. The summed E-state index contributed by atoms with van der Waals surface area (Å²) in [6.45, 7) is 0. The summed E-state index contributed by atoms with van der Waals surface area (Å²) in [5.41, 5.74) is 9.06. The minimum Gasteiger partial charge on any atom is -0.322 e. The van der Waals surface area contributed by atoms with Crippen LogP contribution in [0.4, 0.5) is 0 Å². The van der Waals surface area contributed by atoms with Crippen molar-refractivity contribution in [3.63, 3.8) is 0 Å². The van der Waals surface area contributed by atoms with Crippen molar-refractivity contribution in [3.8, 4) is 5.69 Å². The highest BCUT2D eigenvalue weighted by Gasteiger charge is 2.12. The van der Waals surface area contributed by atoms with Crippen LogP contribution in [0.2, 0.25) is 5.02 Å². The van der Waals surface area contributed by atoms with Gasteiger partial charge in [-0.05, 0) is 36.2 Å². The van der Waals surface area contributed by atoms with Crippen LogP contribution < -0.4 is 5.73 Å². The van der Waals surface area contributed by atoms with Gasteiger partial charge in [0.1, 0.15) is 0 Å². The van der Waals surface area contributed by atoms with Gasteiger partial charge in [-0.25, -0.2) is 4.68 Å². The number of hydrogen-bond acceptors (Lipinski definition) is 3. The van der Waals surface area contributed by atoms with Crippen molar-refractivity contribution in [2.45, 2.75) is 12.5 Å². The summed E-state index contributed by atoms with van der Waals surface area (Å²) in [4.78, 5) is 3.98. The fraction of sp³-hybridized carbons (Fsp3) is 0.125. The number of rotatable bonds is 4. The Morgan fingerprint density at radius 1 is 1.14 bits per heavy atom. The van der Waals surface area contributed by atoms with Crippen molar-refractivity contribution >= 4 is 11.6 Å². The van der Waals surface area contributed by atoms with Gasteiger partial charge in [-0.15, -0.1) is 0 Å². The van der Waals surface area contributed by atoms with Crippen LogP contribution in [0.25, 0.3) is 5.69 Å². The average Bonchev–Trinajstić information content (AvgIpc) is 3.00. The van der Waals surface area contributed by atoms with Crippen LogP contribution in [-0.2, 0) is 6.42 Å². The van der Waals surface area contributed by atoms with Crippen molar-refractivity contribution in [1.29, 1.82) is 0 Å². The lowest BCUT2D eigenvalue weighted by Gasteiger charge is -2.10. The van der Waals surface area contributed by atoms with E-state index in [2.05, 4.69) is 10.1 Å². The highest BCUT2D eigenvalue weighted by molar-refractivity contribution is 6.31. The quantitative estimate of drug-likeness (QED) is 0.805. The Morgan fingerprint density at radius 3 is 2.71 bits per heavy atom. The molecule has 3 rings (SSSR count). The molecule has 2 N–H and O–H groups in total. The third kappa shape index (κ3) is 3.12. The van der Waals surface area contributed by atoms with Crippen LogP contribution in [0.5, 0.6) is 0 Å². The van der Waals surface area contributed by atoms with Crippen molar-refractivity contribution < 1.29 is 0 Å². The SMILES string of the molecule is NC(Cc1ccncc1Cl)c1ccn(-c2ccccc2)n1. The molecule has 2 heterocycles. The van der Waals surface area contributed by atoms with Gasteiger partial charge in [0.25, 0.3) is 0 Å². The first-order valence-corrected chi connectivity index (χ1v) is 7.07. The van der Waals surface area contributed by atoms with E-state index in [0.29, 0.717) is 11.4 Å². The van der Waals surface area contributed by atoms with Gasteiger partial charge in [0.05, 0.1) is 22.4 Å². The van der Waals surface area contributed by atoms with Crippen LogP contribution in [0.1, 0.15) is 17.3 Å². The van der Waals surface area contributed by atoms with E-state index in [0.717, 1.165) is 16.9 Å². The first-order chi connectivity index (χ1) is 10.2. The van der Waals surface area contributed by atoms with Gasteiger partial charge in [0.15, 0.2) is 0 Å². The van der Waals surface area contributed by atoms with Gasteiger partial charge in [0, 0.05) is 18.6 Å². The molecule has 1 atom stereocenters. The standard InChI is InChI=1S/C16H15ClN4/c17-14-11-19-8-6-12(14)10-15(18)16-7-9-21(20-16)13-4-2-1-3-5-13/h1-9,11,15H,10,18H2. The third-order valence-corrected chi connectivity index (χ3v) is 3.65. The Morgan fingerprint density at radius 2 is 1.95 bits per heavy atom. The number of hydrogen-bond donors (Lipinski definition) is 1. The Labute approximate surface area is 128 Å². The Bertz CT molecular complexity index is 724. The number of pyridine rings is 1. The third-order valence-electron chi connectivity index (χ3n) is 3.31. The number of aromatic nitrogens is 3. The van der Waals surface area contributed by atoms with Gasteiger partial charge in [-0.3, -0.25) is 4.98 Å². The molecule has 0 aliphatic heterocycles. The molecule has 2 aromatic heterocycles. The molecule has 21 heavy (non-hydrogen) atoms. The second kappa shape index (κ2) is 6.08. The van der Waals surface area contributed by atoms with Gasteiger partial charge >= 0.3 is 0 Å². The minimum atomic E-state index is -0.199. The van der Waals surface area contributed by atoms with Crippen LogP contribution >= 0.6 is 11.6 Å². The monoisotopic (exact) mass is 298 g/mol. The highest BCUT2D eigenvalue weighted by Crippen LogP contribution is 2.20. The minimum absolute atomic E-state index is 0.199. The lowest BCUT2D eigenvalue weighted by atomic mass is 10.1. The van der Waals surface area contributed by atoms with Crippen molar-refractivity contribution in [2.24, 2.45) is 5.73 Å². The lowest BCUT2D eigenvalue weighted by Crippen LogP contribution is -2.14. The highest BCUT2D eigenvalue weighted by atomic mass is 35.5. The Hall–Kier alpha value is -2.17. The van der Waals surface area contributed by atoms with E-state index in [1.807, 2.05) is 53.3 Å². The smallest absolute Gasteiger partial charge is 0.0799 e. The molecule has 0 aliphatic carbocycles. The molecule has 0 spiro atoms. The lowest BCUT2D eigenvalue weighted by molar-refractivity contribution is 0.677. The summed E-state index contributed by atoms with van der Waals surface area (Å²) in [5.74, 6) is 0. The van der Waals surface area contributed by atoms with Crippen LogP contribution in [0, 0.1) is 0 Å². The summed E-state index contributed by atoms with van der Waals surface area (Å²) < 4.78 is 1.82. The molecule has 0 saturated heterocycles. The molecule has 3 aromatic rings. The predicted molar refractivity (Wildman–Crippen MR) is 83.4 cm³/mol. The average molecular weight is 299 g/mol. The second-order valence-corrected chi connectivity index (χ2v) is 5.21. The van der Waals surface area contributed by atoms with Gasteiger partial charge in [0.2, 0.25) is 0 Å². The molecule has 106 valence electrons. The fourth-order valence-corrected chi connectivity index (χ4v) is 2.37. The van der Waals surface area contributed by atoms with E-state index in [9.17, 15) is 0 Å². The Kier molecular flexibility index (Phi) is 3.99. The molecular weight excluding hydrogens is 284 g/mol. The van der Waals surface area contributed by atoms with Gasteiger partial charge < -0.3 is 5.73 Å². The van der Waals surface area contributed by atoms with Gasteiger partial charge in [-0.2, -0.15) is 5.10 Å². The number of halogens is 1. The number of nitrogens with two attached hydrogens (primary N) is 1. The topological polar surface area (TPSA) is 56.7 Å². The zero-order valence-corrected chi connectivity index (χ0v) is 12.1. The maximum Gasteiger partial charge on any atom is 0.0799 e. The molecular formula is C16H15ClN4. The summed E-state index contributed by atoms with van der Waals surface area (Å²) in [7, 11) is 0. The predicted octanol–water partition coefficient (Wildman–Crippen LogP) is 3.16. The van der Waals surface area contributed by atoms with E-state index in [-0.39, 0.29) is 6.04 Å². The molecule has 1 unspecified atom stereocenters. The normalized spacial score (nSPS) is 12.3. The molecule has 0 radical (unpaired) electrons. The van der Waals surface area contributed by atoms with Crippen molar-refractivity contribution in [3.05, 3.63) is 77.3 Å². The zero-order valence-electron chi connectivity index (χ0n) is 11.4. The number of benzene rings is 1. The van der Waals surface area contributed by atoms with Gasteiger partial charge in [-0.1, -0.05) is 29.8 Å². The zero-order chi connectivity index (χ0) is 14.7. The van der Waals surface area contributed by atoms with E-state index in [1.165, 1.54) is 0 Å². The summed E-state index contributed by atoms with van der Waals surface area (Å²) >= 11 is 6.11. The molecule has 0 saturated carbocycles. The van der Waals surface area contributed by atoms with Crippen molar-refractivity contribution in [1.82, 2.24) is 14.8 Å². The summed E-state index contributed by atoms with van der Waals surface area (Å²) in [6.07, 6.45) is 5.90. The molecule has 5 heteroatoms. The molecule has 0 fully saturated rings. The van der Waals surface area contributed by atoms with E-state index in [1.54, 1.807) is 12.4 Å². The second-order valence-electron chi connectivity index (χ2n) is 4.80. The maximum atomic E-state index is 6.23. The Balaban J connectivity index is 1.79.